The van der Waals surface area contributed by atoms with Crippen LogP contribution in [0.15, 0.2) is 18.3 Å². The molecule has 2 heterocycles. The lowest BCUT2D eigenvalue weighted by Crippen LogP contribution is -2.22. The molecule has 0 bridgehead atoms. The molecule has 0 radical (unpaired) electrons. The van der Waals surface area contributed by atoms with Gasteiger partial charge in [0.2, 0.25) is 0 Å². The lowest BCUT2D eigenvalue weighted by atomic mass is 10.2. The minimum Gasteiger partial charge on any atom is -0.392 e. The number of hydrogen-bond acceptors (Lipinski definition) is 5. The monoisotopic (exact) mass is 242 g/mol. The highest BCUT2D eigenvalue weighted by Gasteiger charge is 2.28. The minimum atomic E-state index is -2.89. The zero-order valence-corrected chi connectivity index (χ0v) is 9.57. The average molecular weight is 242 g/mol. The Hall–Kier alpha value is -1.14. The van der Waals surface area contributed by atoms with E-state index in [1.54, 1.807) is 18.3 Å². The molecule has 0 aromatic carbocycles. The van der Waals surface area contributed by atoms with Gasteiger partial charge in [-0.3, -0.25) is 0 Å². The van der Waals surface area contributed by atoms with Crippen molar-refractivity contribution in [2.75, 3.05) is 16.8 Å². The lowest BCUT2D eigenvalue weighted by Gasteiger charge is -2.13. The Bertz CT molecular complexity index is 473. The van der Waals surface area contributed by atoms with Crippen LogP contribution in [0.4, 0.5) is 5.82 Å². The third-order valence-corrected chi connectivity index (χ3v) is 4.40. The van der Waals surface area contributed by atoms with E-state index in [-0.39, 0.29) is 24.2 Å². The summed E-state index contributed by atoms with van der Waals surface area (Å²) in [4.78, 5) is 4.09. The minimum absolute atomic E-state index is 0.0924. The fourth-order valence-corrected chi connectivity index (χ4v) is 3.47. The van der Waals surface area contributed by atoms with Gasteiger partial charge < -0.3 is 10.4 Å². The van der Waals surface area contributed by atoms with Crippen LogP contribution in [0.25, 0.3) is 0 Å². The number of aliphatic hydroxyl groups is 1. The van der Waals surface area contributed by atoms with Crippen molar-refractivity contribution in [1.82, 2.24) is 4.98 Å². The van der Waals surface area contributed by atoms with Crippen molar-refractivity contribution < 1.29 is 13.5 Å². The Kier molecular flexibility index (Phi) is 3.11. The number of aromatic nitrogens is 1. The van der Waals surface area contributed by atoms with Crippen LogP contribution >= 0.6 is 0 Å². The van der Waals surface area contributed by atoms with Crippen LogP contribution in [-0.4, -0.2) is 36.1 Å². The molecule has 16 heavy (non-hydrogen) atoms. The van der Waals surface area contributed by atoms with Crippen molar-refractivity contribution in [3.05, 3.63) is 23.9 Å². The van der Waals surface area contributed by atoms with Crippen molar-refractivity contribution in [3.8, 4) is 0 Å². The van der Waals surface area contributed by atoms with E-state index in [0.29, 0.717) is 17.8 Å². The van der Waals surface area contributed by atoms with Crippen molar-refractivity contribution >= 4 is 15.7 Å². The summed E-state index contributed by atoms with van der Waals surface area (Å²) >= 11 is 0. The van der Waals surface area contributed by atoms with Gasteiger partial charge in [-0.2, -0.15) is 0 Å². The average Bonchev–Trinajstić information content (AvgIpc) is 2.59. The zero-order valence-electron chi connectivity index (χ0n) is 8.76. The molecule has 1 atom stereocenters. The fraction of sp³-hybridized carbons (Fsp3) is 0.500. The van der Waals surface area contributed by atoms with Gasteiger partial charge in [0, 0.05) is 17.8 Å². The van der Waals surface area contributed by atoms with Gasteiger partial charge in [0.1, 0.15) is 5.82 Å². The summed E-state index contributed by atoms with van der Waals surface area (Å²) in [6, 6.07) is 3.41. The van der Waals surface area contributed by atoms with E-state index in [4.69, 9.17) is 5.11 Å². The molecule has 0 saturated carbocycles. The van der Waals surface area contributed by atoms with Gasteiger partial charge in [0.05, 0.1) is 18.1 Å². The molecule has 0 amide bonds. The molecule has 6 heteroatoms. The van der Waals surface area contributed by atoms with Crippen LogP contribution in [0.5, 0.6) is 0 Å². The van der Waals surface area contributed by atoms with Crippen molar-refractivity contribution in [3.63, 3.8) is 0 Å². The molecule has 0 aliphatic carbocycles. The first kappa shape index (κ1) is 11.3. The number of aliphatic hydroxyl groups excluding tert-OH is 1. The summed E-state index contributed by atoms with van der Waals surface area (Å²) in [6.07, 6.45) is 2.22. The highest BCUT2D eigenvalue weighted by Crippen LogP contribution is 2.18. The van der Waals surface area contributed by atoms with Gasteiger partial charge in [0.15, 0.2) is 9.84 Å². The quantitative estimate of drug-likeness (QED) is 0.790. The van der Waals surface area contributed by atoms with E-state index in [1.165, 1.54) is 0 Å². The predicted molar refractivity (Wildman–Crippen MR) is 60.8 cm³/mol. The second-order valence-corrected chi connectivity index (χ2v) is 6.14. The third kappa shape index (κ3) is 2.51. The molecular formula is C10H14N2O3S. The Morgan fingerprint density at radius 1 is 1.56 bits per heavy atom. The number of nitrogens with zero attached hydrogens (tertiary/aromatic N) is 1. The number of sulfone groups is 1. The van der Waals surface area contributed by atoms with E-state index < -0.39 is 9.84 Å². The molecule has 1 aliphatic rings. The Morgan fingerprint density at radius 2 is 2.38 bits per heavy atom. The summed E-state index contributed by atoms with van der Waals surface area (Å²) in [5.41, 5.74) is 0.687. The summed E-state index contributed by atoms with van der Waals surface area (Å²) in [5, 5.41) is 12.2. The van der Waals surface area contributed by atoms with Gasteiger partial charge in [0.25, 0.3) is 0 Å². The second-order valence-electron chi connectivity index (χ2n) is 3.91. The zero-order chi connectivity index (χ0) is 11.6. The van der Waals surface area contributed by atoms with Crippen molar-refractivity contribution in [2.45, 2.75) is 19.1 Å². The normalized spacial score (nSPS) is 23.2. The number of anilines is 1. The summed E-state index contributed by atoms with van der Waals surface area (Å²) < 4.78 is 22.6. The summed E-state index contributed by atoms with van der Waals surface area (Å²) in [7, 11) is -2.89. The number of nitrogens with one attached hydrogen (secondary N) is 1. The topological polar surface area (TPSA) is 79.3 Å². The Balaban J connectivity index is 2.10. The molecule has 1 fully saturated rings. The van der Waals surface area contributed by atoms with Crippen LogP contribution in [0.2, 0.25) is 0 Å². The van der Waals surface area contributed by atoms with Crippen LogP contribution in [0.1, 0.15) is 12.0 Å². The maximum atomic E-state index is 11.3. The van der Waals surface area contributed by atoms with E-state index in [1.807, 2.05) is 0 Å². The van der Waals surface area contributed by atoms with Crippen molar-refractivity contribution in [2.24, 2.45) is 0 Å². The second kappa shape index (κ2) is 4.39. The maximum absolute atomic E-state index is 11.3. The lowest BCUT2D eigenvalue weighted by molar-refractivity contribution is 0.282. The smallest absolute Gasteiger partial charge is 0.152 e. The SMILES string of the molecule is O=S1(=O)CCC(Nc2ncccc2CO)C1. The van der Waals surface area contributed by atoms with Gasteiger partial charge in [-0.15, -0.1) is 0 Å². The molecule has 1 unspecified atom stereocenters. The molecule has 5 nitrogen and oxygen atoms in total. The number of hydrogen-bond donors (Lipinski definition) is 2. The van der Waals surface area contributed by atoms with E-state index >= 15 is 0 Å². The molecule has 88 valence electrons. The Labute approximate surface area is 94.4 Å². The maximum Gasteiger partial charge on any atom is 0.152 e. The molecule has 1 aliphatic heterocycles. The summed E-state index contributed by atoms with van der Waals surface area (Å²) in [5.74, 6) is 0.951. The molecule has 1 saturated heterocycles. The first-order valence-corrected chi connectivity index (χ1v) is 6.94. The molecule has 0 spiro atoms. The van der Waals surface area contributed by atoms with Crippen LogP contribution < -0.4 is 5.32 Å². The fourth-order valence-electron chi connectivity index (χ4n) is 1.80. The molecular weight excluding hydrogens is 228 g/mol. The highest BCUT2D eigenvalue weighted by molar-refractivity contribution is 7.91. The third-order valence-electron chi connectivity index (χ3n) is 2.63. The molecule has 1 aromatic rings. The van der Waals surface area contributed by atoms with Crippen LogP contribution in [0, 0.1) is 0 Å². The van der Waals surface area contributed by atoms with Gasteiger partial charge >= 0.3 is 0 Å². The van der Waals surface area contributed by atoms with Crippen LogP contribution in [-0.2, 0) is 16.4 Å². The molecule has 2 N–H and O–H groups in total. The Morgan fingerprint density at radius 3 is 3.00 bits per heavy atom. The number of rotatable bonds is 3. The summed E-state index contributed by atoms with van der Waals surface area (Å²) in [6.45, 7) is -0.102. The largest absolute Gasteiger partial charge is 0.392 e. The molecule has 2 rings (SSSR count). The highest BCUT2D eigenvalue weighted by atomic mass is 32.2. The van der Waals surface area contributed by atoms with Crippen molar-refractivity contribution in [1.29, 1.82) is 0 Å². The predicted octanol–water partition coefficient (Wildman–Crippen LogP) is 0.173. The van der Waals surface area contributed by atoms with Gasteiger partial charge in [-0.25, -0.2) is 13.4 Å². The first-order chi connectivity index (χ1) is 7.61. The van der Waals surface area contributed by atoms with Gasteiger partial charge in [-0.1, -0.05) is 6.07 Å². The van der Waals surface area contributed by atoms with E-state index in [9.17, 15) is 8.42 Å². The standard InChI is InChI=1S/C10H14N2O3S/c13-6-8-2-1-4-11-10(8)12-9-3-5-16(14,15)7-9/h1-2,4,9,13H,3,5-7H2,(H,11,12). The van der Waals surface area contributed by atoms with Gasteiger partial charge in [-0.05, 0) is 12.5 Å². The van der Waals surface area contributed by atoms with E-state index in [2.05, 4.69) is 10.3 Å². The van der Waals surface area contributed by atoms with E-state index in [0.717, 1.165) is 0 Å². The number of pyridine rings is 1. The first-order valence-electron chi connectivity index (χ1n) is 5.12. The molecule has 1 aromatic heterocycles. The van der Waals surface area contributed by atoms with Crippen LogP contribution in [0.3, 0.4) is 0 Å².